The van der Waals surface area contributed by atoms with Gasteiger partial charge in [-0.25, -0.2) is 0 Å². The Morgan fingerprint density at radius 3 is 2.35 bits per heavy atom. The van der Waals surface area contributed by atoms with Crippen molar-refractivity contribution in [2.24, 2.45) is 11.8 Å². The molecule has 1 aromatic rings. The van der Waals surface area contributed by atoms with Crippen molar-refractivity contribution < 1.29 is 9.84 Å². The van der Waals surface area contributed by atoms with E-state index in [1.165, 1.54) is 6.42 Å². The molecule has 2 unspecified atom stereocenters. The van der Waals surface area contributed by atoms with Crippen molar-refractivity contribution >= 4 is 0 Å². The molecule has 0 saturated heterocycles. The van der Waals surface area contributed by atoms with Gasteiger partial charge in [-0.3, -0.25) is 0 Å². The molecule has 1 N–H and O–H groups in total. The fourth-order valence-corrected chi connectivity index (χ4v) is 3.34. The maximum atomic E-state index is 10.9. The summed E-state index contributed by atoms with van der Waals surface area (Å²) in [5.41, 5.74) is 0.227. The first-order valence-electron chi connectivity index (χ1n) is 6.41. The Morgan fingerprint density at radius 1 is 1.18 bits per heavy atom. The molecule has 2 rings (SSSR count). The molecular weight excluding hydrogens is 212 g/mol. The van der Waals surface area contributed by atoms with E-state index in [9.17, 15) is 5.11 Å². The number of ether oxygens (including phenoxy) is 1. The molecule has 2 nitrogen and oxygen atoms in total. The highest BCUT2D eigenvalue weighted by Crippen LogP contribution is 2.45. The summed E-state index contributed by atoms with van der Waals surface area (Å²) in [5.74, 6) is 1.93. The minimum Gasteiger partial charge on any atom is -0.496 e. The lowest BCUT2D eigenvalue weighted by Gasteiger charge is -2.39. The third-order valence-electron chi connectivity index (χ3n) is 3.79. The average molecular weight is 234 g/mol. The molecule has 1 saturated carbocycles. The molecule has 0 aliphatic heterocycles. The number of aliphatic hydroxyl groups is 1. The summed E-state index contributed by atoms with van der Waals surface area (Å²) in [6, 6.07) is 7.84. The average Bonchev–Trinajstić information content (AvgIpc) is 2.27. The number of methoxy groups -OCH3 is 1. The molecule has 2 heteroatoms. The van der Waals surface area contributed by atoms with Crippen LogP contribution < -0.4 is 4.74 Å². The van der Waals surface area contributed by atoms with Crippen molar-refractivity contribution in [1.82, 2.24) is 0 Å². The second-order valence-corrected chi connectivity index (χ2v) is 5.59. The van der Waals surface area contributed by atoms with Crippen molar-refractivity contribution in [1.29, 1.82) is 0 Å². The fraction of sp³-hybridized carbons (Fsp3) is 0.600. The monoisotopic (exact) mass is 234 g/mol. The van der Waals surface area contributed by atoms with Gasteiger partial charge in [0.15, 0.2) is 0 Å². The molecule has 1 aliphatic rings. The van der Waals surface area contributed by atoms with Gasteiger partial charge in [-0.2, -0.15) is 0 Å². The molecule has 0 bridgehead atoms. The smallest absolute Gasteiger partial charge is 0.124 e. The largest absolute Gasteiger partial charge is 0.496 e. The van der Waals surface area contributed by atoms with Gasteiger partial charge in [-0.1, -0.05) is 32.0 Å². The van der Waals surface area contributed by atoms with Gasteiger partial charge in [0, 0.05) is 5.56 Å². The summed E-state index contributed by atoms with van der Waals surface area (Å²) in [6.07, 6.45) is 2.87. The summed E-state index contributed by atoms with van der Waals surface area (Å²) in [4.78, 5) is 0. The molecular formula is C15H22O2. The number of hydrogen-bond acceptors (Lipinski definition) is 2. The van der Waals surface area contributed by atoms with Crippen LogP contribution in [0, 0.1) is 11.8 Å². The fourth-order valence-electron chi connectivity index (χ4n) is 3.34. The lowest BCUT2D eigenvalue weighted by atomic mass is 9.70. The maximum absolute atomic E-state index is 10.9. The Morgan fingerprint density at radius 2 is 1.76 bits per heavy atom. The van der Waals surface area contributed by atoms with Crippen LogP contribution in [-0.2, 0) is 5.60 Å². The van der Waals surface area contributed by atoms with Crippen LogP contribution >= 0.6 is 0 Å². The van der Waals surface area contributed by atoms with Crippen molar-refractivity contribution in [3.05, 3.63) is 29.8 Å². The van der Waals surface area contributed by atoms with E-state index in [-0.39, 0.29) is 0 Å². The van der Waals surface area contributed by atoms with Crippen LogP contribution in [0.3, 0.4) is 0 Å². The lowest BCUT2D eigenvalue weighted by molar-refractivity contribution is -0.0377. The lowest BCUT2D eigenvalue weighted by Crippen LogP contribution is -2.35. The molecule has 94 valence electrons. The highest BCUT2D eigenvalue weighted by atomic mass is 16.5. The van der Waals surface area contributed by atoms with Gasteiger partial charge in [0.25, 0.3) is 0 Å². The van der Waals surface area contributed by atoms with Gasteiger partial charge in [-0.15, -0.1) is 0 Å². The molecule has 0 spiro atoms. The van der Waals surface area contributed by atoms with Gasteiger partial charge in [0.2, 0.25) is 0 Å². The van der Waals surface area contributed by atoms with Gasteiger partial charge >= 0.3 is 0 Å². The second kappa shape index (κ2) is 4.69. The van der Waals surface area contributed by atoms with Crippen LogP contribution in [0.25, 0.3) is 0 Å². The number of benzene rings is 1. The van der Waals surface area contributed by atoms with Crippen LogP contribution in [0.1, 0.15) is 38.7 Å². The molecule has 17 heavy (non-hydrogen) atoms. The summed E-state index contributed by atoms with van der Waals surface area (Å²) in [6.45, 7) is 4.44. The zero-order chi connectivity index (χ0) is 12.5. The molecule has 1 aromatic carbocycles. The van der Waals surface area contributed by atoms with Crippen molar-refractivity contribution in [3.63, 3.8) is 0 Å². The Kier molecular flexibility index (Phi) is 3.43. The van der Waals surface area contributed by atoms with E-state index in [0.717, 1.165) is 24.2 Å². The summed E-state index contributed by atoms with van der Waals surface area (Å²) >= 11 is 0. The van der Waals surface area contributed by atoms with Gasteiger partial charge in [0.05, 0.1) is 12.7 Å². The first-order valence-corrected chi connectivity index (χ1v) is 6.41. The van der Waals surface area contributed by atoms with E-state index >= 15 is 0 Å². The Bertz CT molecular complexity index is 376. The molecule has 0 radical (unpaired) electrons. The van der Waals surface area contributed by atoms with Gasteiger partial charge in [0.1, 0.15) is 5.75 Å². The van der Waals surface area contributed by atoms with Crippen LogP contribution in [0.5, 0.6) is 5.75 Å². The van der Waals surface area contributed by atoms with Crippen LogP contribution in [0.4, 0.5) is 0 Å². The topological polar surface area (TPSA) is 29.5 Å². The third-order valence-corrected chi connectivity index (χ3v) is 3.79. The molecule has 1 aliphatic carbocycles. The highest BCUT2D eigenvalue weighted by molar-refractivity contribution is 5.38. The van der Waals surface area contributed by atoms with Crippen LogP contribution in [-0.4, -0.2) is 12.2 Å². The van der Waals surface area contributed by atoms with Crippen LogP contribution in [0.15, 0.2) is 24.3 Å². The first kappa shape index (κ1) is 12.4. The third kappa shape index (κ3) is 2.47. The Labute approximate surface area is 104 Å². The number of hydrogen-bond donors (Lipinski definition) is 1. The van der Waals surface area contributed by atoms with E-state index in [1.807, 2.05) is 24.3 Å². The zero-order valence-corrected chi connectivity index (χ0v) is 10.9. The SMILES string of the molecule is COc1ccccc1C1(O)CC(C)CC(C)C1. The molecule has 0 aromatic heterocycles. The van der Waals surface area contributed by atoms with E-state index < -0.39 is 5.60 Å². The summed E-state index contributed by atoms with van der Waals surface area (Å²) in [7, 11) is 1.66. The maximum Gasteiger partial charge on any atom is 0.124 e. The molecule has 0 amide bonds. The number of para-hydroxylation sites is 1. The zero-order valence-electron chi connectivity index (χ0n) is 10.9. The van der Waals surface area contributed by atoms with Crippen molar-refractivity contribution in [2.75, 3.05) is 7.11 Å². The molecule has 0 heterocycles. The summed E-state index contributed by atoms with van der Waals surface area (Å²) < 4.78 is 5.37. The Balaban J connectivity index is 2.36. The molecule has 2 atom stereocenters. The minimum absolute atomic E-state index is 0.564. The summed E-state index contributed by atoms with van der Waals surface area (Å²) in [5, 5.41) is 10.9. The van der Waals surface area contributed by atoms with E-state index in [4.69, 9.17) is 4.74 Å². The van der Waals surface area contributed by atoms with Gasteiger partial charge in [-0.05, 0) is 37.2 Å². The second-order valence-electron chi connectivity index (χ2n) is 5.59. The predicted molar refractivity (Wildman–Crippen MR) is 69.1 cm³/mol. The van der Waals surface area contributed by atoms with E-state index in [0.29, 0.717) is 11.8 Å². The van der Waals surface area contributed by atoms with Crippen molar-refractivity contribution in [3.8, 4) is 5.75 Å². The van der Waals surface area contributed by atoms with Crippen LogP contribution in [0.2, 0.25) is 0 Å². The molecule has 1 fully saturated rings. The first-order chi connectivity index (χ1) is 8.05. The minimum atomic E-state index is -0.719. The standard InChI is InChI=1S/C15H22O2/c1-11-8-12(2)10-15(16,9-11)13-6-4-5-7-14(13)17-3/h4-7,11-12,16H,8-10H2,1-3H3. The normalized spacial score (nSPS) is 33.4. The van der Waals surface area contributed by atoms with E-state index in [1.54, 1.807) is 7.11 Å². The highest BCUT2D eigenvalue weighted by Gasteiger charge is 2.39. The Hall–Kier alpha value is -1.02. The quantitative estimate of drug-likeness (QED) is 0.850. The number of rotatable bonds is 2. The van der Waals surface area contributed by atoms with E-state index in [2.05, 4.69) is 13.8 Å². The predicted octanol–water partition coefficient (Wildman–Crippen LogP) is 3.34. The van der Waals surface area contributed by atoms with Gasteiger partial charge < -0.3 is 9.84 Å². The van der Waals surface area contributed by atoms with Crippen molar-refractivity contribution in [2.45, 2.75) is 38.7 Å².